The predicted octanol–water partition coefficient (Wildman–Crippen LogP) is 2.50. The van der Waals surface area contributed by atoms with E-state index >= 15 is 0 Å². The second kappa shape index (κ2) is 6.15. The van der Waals surface area contributed by atoms with Gasteiger partial charge >= 0.3 is 0 Å². The van der Waals surface area contributed by atoms with Crippen LogP contribution in [0.25, 0.3) is 0 Å². The zero-order chi connectivity index (χ0) is 12.8. The Labute approximate surface area is 108 Å². The topological polar surface area (TPSA) is 66.0 Å². The first-order valence-corrected chi connectivity index (χ1v) is 6.37. The number of nitrogens with one attached hydrogen (secondary N) is 2. The van der Waals surface area contributed by atoms with E-state index in [1.165, 1.54) is 24.0 Å². The highest BCUT2D eigenvalue weighted by Crippen LogP contribution is 2.12. The zero-order valence-corrected chi connectivity index (χ0v) is 10.5. The van der Waals surface area contributed by atoms with Crippen molar-refractivity contribution in [1.82, 2.24) is 15.2 Å². The van der Waals surface area contributed by atoms with Crippen molar-refractivity contribution in [3.63, 3.8) is 0 Å². The van der Waals surface area contributed by atoms with E-state index in [4.69, 9.17) is 0 Å². The number of hydrazone groups is 1. The number of nitrogens with zero attached hydrogens (tertiary/aromatic N) is 3. The van der Waals surface area contributed by atoms with Crippen molar-refractivity contribution < 1.29 is 4.39 Å². The number of thioether (sulfide) groups is 1. The van der Waals surface area contributed by atoms with Crippen LogP contribution in [0.5, 0.6) is 0 Å². The number of halogens is 1. The molecule has 0 atom stereocenters. The quantitative estimate of drug-likeness (QED) is 0.495. The monoisotopic (exact) mass is 265 g/mol. The highest BCUT2D eigenvalue weighted by Gasteiger charge is 2.01. The van der Waals surface area contributed by atoms with Crippen LogP contribution in [0.3, 0.4) is 0 Å². The van der Waals surface area contributed by atoms with Crippen molar-refractivity contribution in [2.24, 2.45) is 5.10 Å². The third kappa shape index (κ3) is 3.30. The number of hydrogen-bond acceptors (Lipinski definition) is 5. The molecule has 0 fully saturated rings. The van der Waals surface area contributed by atoms with Crippen LogP contribution < -0.4 is 5.43 Å². The first-order chi connectivity index (χ1) is 8.79. The van der Waals surface area contributed by atoms with Gasteiger partial charge in [-0.15, -0.1) is 5.10 Å². The van der Waals surface area contributed by atoms with E-state index in [1.807, 2.05) is 6.92 Å². The van der Waals surface area contributed by atoms with E-state index in [9.17, 15) is 4.39 Å². The minimum atomic E-state index is -0.317. The number of aromatic amines is 1. The number of benzene rings is 1. The molecule has 2 N–H and O–H groups in total. The van der Waals surface area contributed by atoms with Gasteiger partial charge in [0.1, 0.15) is 5.82 Å². The Morgan fingerprint density at radius 1 is 1.50 bits per heavy atom. The van der Waals surface area contributed by atoms with Crippen LogP contribution in [0, 0.1) is 5.82 Å². The normalized spacial score (nSPS) is 11.0. The van der Waals surface area contributed by atoms with Crippen LogP contribution in [-0.2, 0) is 0 Å². The van der Waals surface area contributed by atoms with Gasteiger partial charge in [-0.3, -0.25) is 0 Å². The molecule has 0 bridgehead atoms. The molecule has 0 unspecified atom stereocenters. The van der Waals surface area contributed by atoms with Crippen molar-refractivity contribution >= 4 is 23.9 Å². The van der Waals surface area contributed by atoms with Crippen molar-refractivity contribution in [2.75, 3.05) is 11.2 Å². The van der Waals surface area contributed by atoms with Gasteiger partial charge in [0, 0.05) is 5.56 Å². The fourth-order valence-corrected chi connectivity index (χ4v) is 1.76. The van der Waals surface area contributed by atoms with Gasteiger partial charge in [-0.05, 0) is 11.8 Å². The van der Waals surface area contributed by atoms with Crippen LogP contribution in [0.4, 0.5) is 10.3 Å². The lowest BCUT2D eigenvalue weighted by Crippen LogP contribution is -1.94. The number of aromatic nitrogens is 3. The Balaban J connectivity index is 1.96. The summed E-state index contributed by atoms with van der Waals surface area (Å²) in [5.74, 6) is 1.01. The maximum absolute atomic E-state index is 13.3. The zero-order valence-electron chi connectivity index (χ0n) is 9.72. The predicted molar refractivity (Wildman–Crippen MR) is 70.4 cm³/mol. The van der Waals surface area contributed by atoms with E-state index in [0.29, 0.717) is 16.7 Å². The molecule has 18 heavy (non-hydrogen) atoms. The molecule has 0 saturated heterocycles. The molecule has 1 aromatic carbocycles. The van der Waals surface area contributed by atoms with E-state index in [2.05, 4.69) is 25.7 Å². The third-order valence-corrected chi connectivity index (χ3v) is 2.75. The highest BCUT2D eigenvalue weighted by atomic mass is 32.2. The maximum Gasteiger partial charge on any atom is 0.240 e. The summed E-state index contributed by atoms with van der Waals surface area (Å²) in [6, 6.07) is 6.39. The Morgan fingerprint density at radius 2 is 2.33 bits per heavy atom. The summed E-state index contributed by atoms with van der Waals surface area (Å²) in [6.07, 6.45) is 1.39. The van der Waals surface area contributed by atoms with Gasteiger partial charge in [0.15, 0.2) is 0 Å². The van der Waals surface area contributed by atoms with E-state index in [1.54, 1.807) is 18.2 Å². The molecule has 0 spiro atoms. The summed E-state index contributed by atoms with van der Waals surface area (Å²) in [5, 5.41) is 11.2. The summed E-state index contributed by atoms with van der Waals surface area (Å²) in [6.45, 7) is 2.02. The Hall–Kier alpha value is -1.89. The molecule has 94 valence electrons. The largest absolute Gasteiger partial charge is 0.246 e. The molecule has 1 aromatic heterocycles. The van der Waals surface area contributed by atoms with Gasteiger partial charge in [0.25, 0.3) is 0 Å². The first kappa shape index (κ1) is 12.6. The Morgan fingerprint density at radius 3 is 3.11 bits per heavy atom. The summed E-state index contributed by atoms with van der Waals surface area (Å²) in [7, 11) is 0. The van der Waals surface area contributed by atoms with Crippen molar-refractivity contribution in [1.29, 1.82) is 0 Å². The summed E-state index contributed by atoms with van der Waals surface area (Å²) < 4.78 is 13.3. The minimum absolute atomic E-state index is 0.317. The van der Waals surface area contributed by atoms with Crippen LogP contribution >= 0.6 is 11.8 Å². The Bertz CT molecular complexity index is 540. The molecule has 2 rings (SSSR count). The molecule has 0 saturated carbocycles. The van der Waals surface area contributed by atoms with E-state index < -0.39 is 0 Å². The number of H-pyrrole nitrogens is 1. The molecule has 1 heterocycles. The van der Waals surface area contributed by atoms with Crippen LogP contribution in [-0.4, -0.2) is 27.1 Å². The SMILES string of the molecule is CCSc1n[nH]c(N/N=C/c2ccccc2F)n1. The van der Waals surface area contributed by atoms with Gasteiger partial charge in [0.05, 0.1) is 6.21 Å². The fraction of sp³-hybridized carbons (Fsp3) is 0.182. The van der Waals surface area contributed by atoms with E-state index in [0.717, 1.165) is 5.75 Å². The van der Waals surface area contributed by atoms with Crippen molar-refractivity contribution in [3.05, 3.63) is 35.6 Å². The average Bonchev–Trinajstić information content (AvgIpc) is 2.80. The molecule has 0 aliphatic heterocycles. The molecular weight excluding hydrogens is 253 g/mol. The lowest BCUT2D eigenvalue weighted by atomic mass is 10.2. The van der Waals surface area contributed by atoms with Crippen molar-refractivity contribution in [2.45, 2.75) is 12.1 Å². The second-order valence-electron chi connectivity index (χ2n) is 3.29. The molecule has 0 radical (unpaired) electrons. The molecule has 7 heteroatoms. The molecule has 5 nitrogen and oxygen atoms in total. The highest BCUT2D eigenvalue weighted by molar-refractivity contribution is 7.99. The number of anilines is 1. The number of rotatable bonds is 5. The molecule has 0 amide bonds. The summed E-state index contributed by atoms with van der Waals surface area (Å²) in [5.41, 5.74) is 3.07. The lowest BCUT2D eigenvalue weighted by molar-refractivity contribution is 0.626. The van der Waals surface area contributed by atoms with Crippen LogP contribution in [0.1, 0.15) is 12.5 Å². The van der Waals surface area contributed by atoms with Gasteiger partial charge in [-0.25, -0.2) is 14.9 Å². The number of hydrogen-bond donors (Lipinski definition) is 2. The van der Waals surface area contributed by atoms with Crippen molar-refractivity contribution in [3.8, 4) is 0 Å². The third-order valence-electron chi connectivity index (χ3n) is 2.02. The second-order valence-corrected chi connectivity index (χ2v) is 4.52. The Kier molecular flexibility index (Phi) is 4.30. The molecular formula is C11H12FN5S. The minimum Gasteiger partial charge on any atom is -0.246 e. The maximum atomic E-state index is 13.3. The van der Waals surface area contributed by atoms with Gasteiger partial charge in [0.2, 0.25) is 11.1 Å². The van der Waals surface area contributed by atoms with Gasteiger partial charge in [-0.1, -0.05) is 36.9 Å². The summed E-state index contributed by atoms with van der Waals surface area (Å²) in [4.78, 5) is 4.13. The smallest absolute Gasteiger partial charge is 0.240 e. The summed E-state index contributed by atoms with van der Waals surface area (Å²) >= 11 is 1.52. The lowest BCUT2D eigenvalue weighted by Gasteiger charge is -1.95. The van der Waals surface area contributed by atoms with Crippen LogP contribution in [0.2, 0.25) is 0 Å². The molecule has 0 aliphatic carbocycles. The first-order valence-electron chi connectivity index (χ1n) is 5.38. The van der Waals surface area contributed by atoms with Gasteiger partial charge in [-0.2, -0.15) is 10.1 Å². The average molecular weight is 265 g/mol. The molecule has 0 aliphatic rings. The van der Waals surface area contributed by atoms with E-state index in [-0.39, 0.29) is 5.82 Å². The standard InChI is InChI=1S/C11H12FN5S/c1-2-18-11-14-10(16-17-11)15-13-7-8-5-3-4-6-9(8)12/h3-7H,2H2,1H3,(H2,14,15,16,17)/b13-7+. The van der Waals surface area contributed by atoms with Crippen LogP contribution in [0.15, 0.2) is 34.5 Å². The fourth-order valence-electron chi connectivity index (χ4n) is 1.23. The molecule has 2 aromatic rings. The van der Waals surface area contributed by atoms with Gasteiger partial charge < -0.3 is 0 Å².